The van der Waals surface area contributed by atoms with E-state index < -0.39 is 10.0 Å². The molecule has 0 amide bonds. The summed E-state index contributed by atoms with van der Waals surface area (Å²) >= 11 is 0. The van der Waals surface area contributed by atoms with Crippen molar-refractivity contribution in [2.75, 3.05) is 32.1 Å². The third kappa shape index (κ3) is 4.77. The van der Waals surface area contributed by atoms with Crippen LogP contribution in [-0.4, -0.2) is 41.6 Å². The van der Waals surface area contributed by atoms with Gasteiger partial charge in [-0.15, -0.1) is 0 Å². The highest BCUT2D eigenvalue weighted by atomic mass is 32.2. The fourth-order valence-electron chi connectivity index (χ4n) is 1.99. The molecule has 6 heteroatoms. The molecule has 0 unspecified atom stereocenters. The Morgan fingerprint density at radius 1 is 1.25 bits per heavy atom. The highest BCUT2D eigenvalue weighted by Crippen LogP contribution is 2.24. The Morgan fingerprint density at radius 2 is 1.90 bits per heavy atom. The van der Waals surface area contributed by atoms with Crippen molar-refractivity contribution in [1.29, 1.82) is 0 Å². The zero-order valence-corrected chi connectivity index (χ0v) is 13.5. The minimum absolute atomic E-state index is 0.123. The molecular weight excluding hydrogens is 274 g/mol. The second-order valence-corrected chi connectivity index (χ2v) is 6.80. The van der Waals surface area contributed by atoms with Crippen LogP contribution in [0.5, 0.6) is 0 Å². The SMILES string of the molecule is CNCCCN(C)c1ccccc1S(=O)(=O)NC(C)C. The van der Waals surface area contributed by atoms with Crippen molar-refractivity contribution in [2.24, 2.45) is 0 Å². The molecule has 0 radical (unpaired) electrons. The first kappa shape index (κ1) is 16.9. The van der Waals surface area contributed by atoms with Crippen molar-refractivity contribution < 1.29 is 8.42 Å². The van der Waals surface area contributed by atoms with Gasteiger partial charge in [0.2, 0.25) is 10.0 Å². The predicted octanol–water partition coefficient (Wildman–Crippen LogP) is 1.42. The van der Waals surface area contributed by atoms with Crippen molar-refractivity contribution in [3.63, 3.8) is 0 Å². The topological polar surface area (TPSA) is 61.4 Å². The van der Waals surface area contributed by atoms with E-state index in [4.69, 9.17) is 0 Å². The number of rotatable bonds is 8. The summed E-state index contributed by atoms with van der Waals surface area (Å²) in [4.78, 5) is 2.31. The van der Waals surface area contributed by atoms with Crippen LogP contribution in [-0.2, 0) is 10.0 Å². The molecule has 20 heavy (non-hydrogen) atoms. The molecule has 0 saturated carbocycles. The summed E-state index contributed by atoms with van der Waals surface area (Å²) in [6.07, 6.45) is 0.957. The van der Waals surface area contributed by atoms with Crippen LogP contribution < -0.4 is 14.9 Å². The van der Waals surface area contributed by atoms with Crippen LogP contribution >= 0.6 is 0 Å². The number of hydrogen-bond donors (Lipinski definition) is 2. The third-order valence-corrected chi connectivity index (χ3v) is 4.58. The molecule has 0 heterocycles. The molecule has 0 aliphatic carbocycles. The fourth-order valence-corrected chi connectivity index (χ4v) is 3.49. The van der Waals surface area contributed by atoms with Crippen LogP contribution in [0.1, 0.15) is 20.3 Å². The number of nitrogens with one attached hydrogen (secondary N) is 2. The molecule has 1 aromatic rings. The van der Waals surface area contributed by atoms with Gasteiger partial charge in [0, 0.05) is 19.6 Å². The summed E-state index contributed by atoms with van der Waals surface area (Å²) in [7, 11) is 0.351. The van der Waals surface area contributed by atoms with Gasteiger partial charge in [0.1, 0.15) is 4.90 Å². The second kappa shape index (κ2) is 7.61. The van der Waals surface area contributed by atoms with E-state index in [1.807, 2.05) is 45.0 Å². The Kier molecular flexibility index (Phi) is 6.45. The highest BCUT2D eigenvalue weighted by molar-refractivity contribution is 7.89. The summed E-state index contributed by atoms with van der Waals surface area (Å²) in [6, 6.07) is 6.98. The number of benzene rings is 1. The van der Waals surface area contributed by atoms with Gasteiger partial charge >= 0.3 is 0 Å². The molecule has 1 aromatic carbocycles. The fraction of sp³-hybridized carbons (Fsp3) is 0.571. The van der Waals surface area contributed by atoms with Crippen molar-refractivity contribution in [3.8, 4) is 0 Å². The molecule has 0 bridgehead atoms. The van der Waals surface area contributed by atoms with E-state index in [9.17, 15) is 8.42 Å². The molecule has 0 fully saturated rings. The Morgan fingerprint density at radius 3 is 2.50 bits per heavy atom. The summed E-state index contributed by atoms with van der Waals surface area (Å²) in [6.45, 7) is 5.34. The van der Waals surface area contributed by atoms with E-state index in [1.54, 1.807) is 12.1 Å². The molecular formula is C14H25N3O2S. The summed E-state index contributed by atoms with van der Waals surface area (Å²) in [5, 5.41) is 3.09. The predicted molar refractivity (Wildman–Crippen MR) is 83.7 cm³/mol. The Hall–Kier alpha value is -1.11. The molecule has 0 saturated heterocycles. The van der Waals surface area contributed by atoms with Crippen LogP contribution in [0.3, 0.4) is 0 Å². The lowest BCUT2D eigenvalue weighted by atomic mass is 10.3. The van der Waals surface area contributed by atoms with E-state index >= 15 is 0 Å². The van der Waals surface area contributed by atoms with Gasteiger partial charge in [-0.3, -0.25) is 0 Å². The Labute approximate surface area is 122 Å². The zero-order chi connectivity index (χ0) is 15.2. The first-order valence-electron chi connectivity index (χ1n) is 6.85. The van der Waals surface area contributed by atoms with Gasteiger partial charge in [-0.1, -0.05) is 12.1 Å². The molecule has 0 spiro atoms. The lowest BCUT2D eigenvalue weighted by molar-refractivity contribution is 0.569. The first-order valence-corrected chi connectivity index (χ1v) is 8.34. The van der Waals surface area contributed by atoms with Gasteiger partial charge in [-0.25, -0.2) is 13.1 Å². The smallest absolute Gasteiger partial charge is 0.242 e. The van der Waals surface area contributed by atoms with Crippen LogP contribution in [0.4, 0.5) is 5.69 Å². The lowest BCUT2D eigenvalue weighted by Gasteiger charge is -2.23. The van der Waals surface area contributed by atoms with Crippen LogP contribution in [0.15, 0.2) is 29.2 Å². The van der Waals surface area contributed by atoms with Crippen molar-refractivity contribution in [2.45, 2.75) is 31.2 Å². The van der Waals surface area contributed by atoms with E-state index in [1.165, 1.54) is 0 Å². The molecule has 114 valence electrons. The average molecular weight is 299 g/mol. The van der Waals surface area contributed by atoms with Gasteiger partial charge < -0.3 is 10.2 Å². The maximum absolute atomic E-state index is 12.3. The molecule has 0 atom stereocenters. The number of nitrogens with zero attached hydrogens (tertiary/aromatic N) is 1. The van der Waals surface area contributed by atoms with Crippen molar-refractivity contribution >= 4 is 15.7 Å². The summed E-state index contributed by atoms with van der Waals surface area (Å²) in [5.74, 6) is 0. The molecule has 0 aliphatic rings. The summed E-state index contributed by atoms with van der Waals surface area (Å²) in [5.41, 5.74) is 0.733. The van der Waals surface area contributed by atoms with Crippen molar-refractivity contribution in [1.82, 2.24) is 10.0 Å². The maximum atomic E-state index is 12.3. The largest absolute Gasteiger partial charge is 0.373 e. The monoisotopic (exact) mass is 299 g/mol. The van der Waals surface area contributed by atoms with E-state index in [2.05, 4.69) is 10.0 Å². The van der Waals surface area contributed by atoms with Crippen molar-refractivity contribution in [3.05, 3.63) is 24.3 Å². The van der Waals surface area contributed by atoms with E-state index in [0.717, 1.165) is 25.2 Å². The zero-order valence-electron chi connectivity index (χ0n) is 12.7. The van der Waals surface area contributed by atoms with Crippen LogP contribution in [0.2, 0.25) is 0 Å². The first-order chi connectivity index (χ1) is 9.38. The third-order valence-electron chi connectivity index (χ3n) is 2.88. The molecule has 0 aliphatic heterocycles. The van der Waals surface area contributed by atoms with Gasteiger partial charge in [0.25, 0.3) is 0 Å². The van der Waals surface area contributed by atoms with Gasteiger partial charge in [-0.05, 0) is 46.0 Å². The van der Waals surface area contributed by atoms with E-state index in [0.29, 0.717) is 4.90 Å². The number of hydrogen-bond acceptors (Lipinski definition) is 4. The van der Waals surface area contributed by atoms with Crippen LogP contribution in [0.25, 0.3) is 0 Å². The number of para-hydroxylation sites is 1. The minimum atomic E-state index is -3.47. The van der Waals surface area contributed by atoms with Gasteiger partial charge in [-0.2, -0.15) is 0 Å². The quantitative estimate of drug-likeness (QED) is 0.713. The Balaban J connectivity index is 2.98. The average Bonchev–Trinajstić information content (AvgIpc) is 2.37. The van der Waals surface area contributed by atoms with E-state index in [-0.39, 0.29) is 6.04 Å². The molecule has 5 nitrogen and oxygen atoms in total. The highest BCUT2D eigenvalue weighted by Gasteiger charge is 2.20. The minimum Gasteiger partial charge on any atom is -0.373 e. The van der Waals surface area contributed by atoms with Gasteiger partial charge in [0.05, 0.1) is 5.69 Å². The normalized spacial score (nSPS) is 11.8. The molecule has 2 N–H and O–H groups in total. The lowest BCUT2D eigenvalue weighted by Crippen LogP contribution is -2.32. The molecule has 1 rings (SSSR count). The van der Waals surface area contributed by atoms with Gasteiger partial charge in [0.15, 0.2) is 0 Å². The number of anilines is 1. The summed E-state index contributed by atoms with van der Waals surface area (Å²) < 4.78 is 27.3. The van der Waals surface area contributed by atoms with Crippen LogP contribution in [0, 0.1) is 0 Å². The number of sulfonamides is 1. The molecule has 0 aromatic heterocycles. The second-order valence-electron chi connectivity index (χ2n) is 5.12. The Bertz CT molecular complexity index is 515. The standard InChI is InChI=1S/C14H25N3O2S/c1-12(2)16-20(18,19)14-9-6-5-8-13(14)17(4)11-7-10-15-3/h5-6,8-9,12,15-16H,7,10-11H2,1-4H3. The maximum Gasteiger partial charge on any atom is 0.242 e.